The Balaban J connectivity index is 1.01. The lowest BCUT2D eigenvalue weighted by atomic mass is 9.90. The van der Waals surface area contributed by atoms with Crippen LogP contribution in [0, 0.1) is 5.92 Å². The molecule has 5 aromatic rings. The number of hydrogen-bond donors (Lipinski definition) is 1. The number of nitrogens with two attached hydrogens (primary N) is 1. The van der Waals surface area contributed by atoms with Gasteiger partial charge in [-0.3, -0.25) is 19.8 Å². The normalized spacial score (nSPS) is 19.6. The number of nitrogens with zero attached hydrogens (tertiary/aromatic N) is 10. The molecule has 2 saturated heterocycles. The van der Waals surface area contributed by atoms with Crippen molar-refractivity contribution in [1.82, 2.24) is 44.3 Å². The largest absolute Gasteiger partial charge is 0.461 e. The van der Waals surface area contributed by atoms with Gasteiger partial charge in [0, 0.05) is 64.2 Å². The van der Waals surface area contributed by atoms with E-state index in [4.69, 9.17) is 15.1 Å². The average Bonchev–Trinajstić information content (AvgIpc) is 3.69. The molecule has 41 heavy (non-hydrogen) atoms. The lowest BCUT2D eigenvalue weighted by molar-refractivity contribution is 0.0717. The second-order valence-electron chi connectivity index (χ2n) is 10.9. The van der Waals surface area contributed by atoms with Gasteiger partial charge in [0.2, 0.25) is 17.7 Å². The second kappa shape index (κ2) is 11.2. The van der Waals surface area contributed by atoms with E-state index in [1.807, 2.05) is 30.6 Å². The topological polar surface area (TPSA) is 131 Å². The molecule has 7 rings (SSSR count). The number of furan rings is 1. The molecule has 0 spiro atoms. The molecule has 0 aliphatic carbocycles. The predicted molar refractivity (Wildman–Crippen MR) is 154 cm³/mol. The molecule has 0 aromatic carbocycles. The average molecular weight is 552 g/mol. The summed E-state index contributed by atoms with van der Waals surface area (Å²) >= 11 is 0. The standard InChI is InChI=1S/C29H33N11O/c30-27-34-28(35-29-33-26(36-40(27)29)25-8-5-15-41-25)39-14-13-38-17-21(9-10-24(38)20-39)16-37(18-22-6-1-3-11-31-22)19-23-7-2-4-12-32-23/h1-8,11-12,15,21,24H,9-10,13-14,16-20H2,(H2,30,33,34,35,36)/t21-,24+/m1/s1. The molecular formula is C29H33N11O. The maximum absolute atomic E-state index is 6.27. The molecule has 0 amide bonds. The Bertz CT molecular complexity index is 1530. The van der Waals surface area contributed by atoms with E-state index in [0.29, 0.717) is 35.3 Å². The zero-order valence-corrected chi connectivity index (χ0v) is 22.8. The highest BCUT2D eigenvalue weighted by atomic mass is 16.3. The zero-order valence-electron chi connectivity index (χ0n) is 22.8. The van der Waals surface area contributed by atoms with E-state index in [9.17, 15) is 0 Å². The van der Waals surface area contributed by atoms with Crippen molar-refractivity contribution < 1.29 is 4.42 Å². The highest BCUT2D eigenvalue weighted by Crippen LogP contribution is 2.28. The summed E-state index contributed by atoms with van der Waals surface area (Å²) in [5, 5.41) is 4.41. The third kappa shape index (κ3) is 5.61. The van der Waals surface area contributed by atoms with Crippen LogP contribution >= 0.6 is 0 Å². The molecule has 210 valence electrons. The highest BCUT2D eigenvalue weighted by Gasteiger charge is 2.34. The molecule has 0 unspecified atom stereocenters. The summed E-state index contributed by atoms with van der Waals surface area (Å²) in [6.07, 6.45) is 7.64. The van der Waals surface area contributed by atoms with Crippen molar-refractivity contribution in [2.24, 2.45) is 5.92 Å². The molecule has 2 N–H and O–H groups in total. The van der Waals surface area contributed by atoms with Crippen molar-refractivity contribution in [2.75, 3.05) is 43.4 Å². The number of piperazine rings is 1. The van der Waals surface area contributed by atoms with Crippen LogP contribution in [0.15, 0.2) is 71.6 Å². The van der Waals surface area contributed by atoms with E-state index < -0.39 is 0 Å². The first-order chi connectivity index (χ1) is 20.2. The molecule has 2 aliphatic rings. The minimum Gasteiger partial charge on any atom is -0.461 e. The highest BCUT2D eigenvalue weighted by molar-refractivity contribution is 5.53. The van der Waals surface area contributed by atoms with Crippen LogP contribution in [-0.4, -0.2) is 83.1 Å². The molecule has 12 nitrogen and oxygen atoms in total. The molecule has 5 aromatic heterocycles. The Morgan fingerprint density at radius 1 is 0.878 bits per heavy atom. The Morgan fingerprint density at radius 3 is 2.39 bits per heavy atom. The van der Waals surface area contributed by atoms with Gasteiger partial charge in [0.05, 0.1) is 17.7 Å². The van der Waals surface area contributed by atoms with Crippen molar-refractivity contribution >= 4 is 17.7 Å². The number of anilines is 2. The van der Waals surface area contributed by atoms with Gasteiger partial charge >= 0.3 is 0 Å². The summed E-state index contributed by atoms with van der Waals surface area (Å²) in [5.74, 6) is 2.89. The smallest absolute Gasteiger partial charge is 0.259 e. The molecule has 7 heterocycles. The predicted octanol–water partition coefficient (Wildman–Crippen LogP) is 2.75. The molecule has 0 saturated carbocycles. The van der Waals surface area contributed by atoms with E-state index >= 15 is 0 Å². The van der Waals surface area contributed by atoms with Crippen LogP contribution in [0.25, 0.3) is 17.4 Å². The lowest BCUT2D eigenvalue weighted by Gasteiger charge is -2.47. The molecule has 0 radical (unpaired) electrons. The van der Waals surface area contributed by atoms with Crippen molar-refractivity contribution in [2.45, 2.75) is 32.0 Å². The molecule has 2 fully saturated rings. The van der Waals surface area contributed by atoms with E-state index in [1.54, 1.807) is 12.3 Å². The van der Waals surface area contributed by atoms with Gasteiger partial charge < -0.3 is 15.1 Å². The molecule has 12 heteroatoms. The van der Waals surface area contributed by atoms with Gasteiger partial charge in [-0.05, 0) is 55.2 Å². The molecule has 2 atom stereocenters. The second-order valence-corrected chi connectivity index (χ2v) is 10.9. The lowest BCUT2D eigenvalue weighted by Crippen LogP contribution is -2.57. The van der Waals surface area contributed by atoms with Gasteiger partial charge in [0.1, 0.15) is 0 Å². The minimum absolute atomic E-state index is 0.266. The maximum atomic E-state index is 6.27. The van der Waals surface area contributed by atoms with Gasteiger partial charge in [0.15, 0.2) is 5.76 Å². The van der Waals surface area contributed by atoms with Crippen LogP contribution in [-0.2, 0) is 13.1 Å². The summed E-state index contributed by atoms with van der Waals surface area (Å²) in [6, 6.07) is 16.3. The number of pyridine rings is 2. The van der Waals surface area contributed by atoms with Crippen LogP contribution in [0.4, 0.5) is 11.9 Å². The Kier molecular flexibility index (Phi) is 6.99. The Labute approximate surface area is 237 Å². The zero-order chi connectivity index (χ0) is 27.6. The summed E-state index contributed by atoms with van der Waals surface area (Å²) < 4.78 is 6.90. The van der Waals surface area contributed by atoms with Crippen molar-refractivity contribution in [1.29, 1.82) is 0 Å². The summed E-state index contributed by atoms with van der Waals surface area (Å²) in [5.41, 5.74) is 8.44. The van der Waals surface area contributed by atoms with Crippen LogP contribution in [0.1, 0.15) is 24.2 Å². The van der Waals surface area contributed by atoms with Crippen molar-refractivity contribution in [3.8, 4) is 11.6 Å². The first-order valence-electron chi connectivity index (χ1n) is 14.1. The number of aromatic nitrogens is 7. The summed E-state index contributed by atoms with van der Waals surface area (Å²) in [6.45, 7) is 6.39. The Hall–Kier alpha value is -4.42. The fourth-order valence-electron chi connectivity index (χ4n) is 6.03. The number of rotatable bonds is 8. The fourth-order valence-corrected chi connectivity index (χ4v) is 6.03. The van der Waals surface area contributed by atoms with Crippen LogP contribution in [0.3, 0.4) is 0 Å². The minimum atomic E-state index is 0.266. The first-order valence-corrected chi connectivity index (χ1v) is 14.1. The van der Waals surface area contributed by atoms with Gasteiger partial charge in [-0.2, -0.15) is 19.5 Å². The van der Waals surface area contributed by atoms with Crippen molar-refractivity contribution in [3.63, 3.8) is 0 Å². The molecular weight excluding hydrogens is 518 g/mol. The monoisotopic (exact) mass is 551 g/mol. The van der Waals surface area contributed by atoms with Gasteiger partial charge in [-0.15, -0.1) is 5.10 Å². The number of piperidine rings is 1. The van der Waals surface area contributed by atoms with Crippen LogP contribution < -0.4 is 10.6 Å². The Morgan fingerprint density at radius 2 is 1.68 bits per heavy atom. The van der Waals surface area contributed by atoms with Gasteiger partial charge in [-0.1, -0.05) is 12.1 Å². The number of hydrogen-bond acceptors (Lipinski definition) is 11. The first kappa shape index (κ1) is 25.5. The summed E-state index contributed by atoms with van der Waals surface area (Å²) in [4.78, 5) is 30.3. The summed E-state index contributed by atoms with van der Waals surface area (Å²) in [7, 11) is 0. The van der Waals surface area contributed by atoms with E-state index in [0.717, 1.165) is 63.6 Å². The van der Waals surface area contributed by atoms with Crippen LogP contribution in [0.2, 0.25) is 0 Å². The molecule has 2 aliphatic heterocycles. The van der Waals surface area contributed by atoms with Crippen molar-refractivity contribution in [3.05, 3.63) is 78.6 Å². The quantitative estimate of drug-likeness (QED) is 0.305. The number of nitrogen functional groups attached to an aromatic ring is 1. The number of fused-ring (bicyclic) bond motifs is 2. The van der Waals surface area contributed by atoms with Gasteiger partial charge in [-0.25, -0.2) is 0 Å². The third-order valence-electron chi connectivity index (χ3n) is 7.99. The third-order valence-corrected chi connectivity index (χ3v) is 7.99. The fraction of sp³-hybridized carbons (Fsp3) is 0.379. The van der Waals surface area contributed by atoms with Gasteiger partial charge in [0.25, 0.3) is 5.78 Å². The van der Waals surface area contributed by atoms with E-state index in [2.05, 4.69) is 64.0 Å². The molecule has 0 bridgehead atoms. The van der Waals surface area contributed by atoms with E-state index in [-0.39, 0.29) is 5.95 Å². The van der Waals surface area contributed by atoms with Crippen LogP contribution in [0.5, 0.6) is 0 Å². The SMILES string of the molecule is Nc1nc(N2CCN3C[C@@H](CN(Cc4ccccn4)Cc4ccccn4)CC[C@H]3C2)nc2nc(-c3ccco3)nn12. The maximum Gasteiger partial charge on any atom is 0.259 e. The van der Waals surface area contributed by atoms with E-state index in [1.165, 1.54) is 10.9 Å².